The molecule has 0 aromatic carbocycles. The Balaban J connectivity index is 1.93. The van der Waals surface area contributed by atoms with Crippen LogP contribution in [-0.4, -0.2) is 58.0 Å². The number of carbonyl (C=O) groups excluding carboxylic acids is 1. The van der Waals surface area contributed by atoms with Crippen molar-refractivity contribution in [1.82, 2.24) is 0 Å². The van der Waals surface area contributed by atoms with E-state index in [0.29, 0.717) is 13.2 Å². The van der Waals surface area contributed by atoms with E-state index in [-0.39, 0.29) is 18.3 Å². The molecule has 6 nitrogen and oxygen atoms in total. The van der Waals surface area contributed by atoms with Crippen LogP contribution in [0.4, 0.5) is 4.79 Å². The molecule has 0 aromatic rings. The molecular formula is C9H14O6. The zero-order valence-electron chi connectivity index (χ0n) is 8.67. The summed E-state index contributed by atoms with van der Waals surface area (Å²) in [6.07, 6.45) is -1.59. The minimum Gasteiger partial charge on any atom is -0.438 e. The lowest BCUT2D eigenvalue weighted by atomic mass is 10.1. The van der Waals surface area contributed by atoms with E-state index in [1.165, 1.54) is 7.11 Å². The maximum Gasteiger partial charge on any atom is 0.508 e. The summed E-state index contributed by atoms with van der Waals surface area (Å²) in [5.41, 5.74) is 0. The molecule has 2 heterocycles. The Morgan fingerprint density at radius 3 is 2.33 bits per heavy atom. The first-order chi connectivity index (χ1) is 7.26. The molecule has 2 aliphatic heterocycles. The minimum atomic E-state index is -0.714. The van der Waals surface area contributed by atoms with E-state index < -0.39 is 12.3 Å². The molecule has 4 atom stereocenters. The summed E-state index contributed by atoms with van der Waals surface area (Å²) in [7, 11) is 2.87. The average molecular weight is 218 g/mol. The molecule has 0 N–H and O–H groups in total. The molecule has 4 unspecified atom stereocenters. The molecule has 0 saturated carbocycles. The van der Waals surface area contributed by atoms with Gasteiger partial charge in [-0.25, -0.2) is 4.79 Å². The van der Waals surface area contributed by atoms with Gasteiger partial charge in [0.25, 0.3) is 0 Å². The second-order valence-electron chi connectivity index (χ2n) is 3.48. The molecule has 2 saturated heterocycles. The van der Waals surface area contributed by atoms with Crippen LogP contribution in [0, 0.1) is 0 Å². The lowest BCUT2D eigenvalue weighted by Crippen LogP contribution is -2.34. The predicted octanol–water partition coefficient (Wildman–Crippen LogP) is -0.0494. The molecule has 6 heteroatoms. The van der Waals surface area contributed by atoms with Gasteiger partial charge in [0.2, 0.25) is 0 Å². The van der Waals surface area contributed by atoms with Crippen LogP contribution in [0.2, 0.25) is 0 Å². The van der Waals surface area contributed by atoms with Crippen LogP contribution in [0.1, 0.15) is 0 Å². The molecule has 15 heavy (non-hydrogen) atoms. The maximum absolute atomic E-state index is 10.9. The summed E-state index contributed by atoms with van der Waals surface area (Å²) in [4.78, 5) is 10.9. The number of methoxy groups -OCH3 is 2. The zero-order valence-corrected chi connectivity index (χ0v) is 8.67. The van der Waals surface area contributed by atoms with Crippen LogP contribution in [0.5, 0.6) is 0 Å². The van der Waals surface area contributed by atoms with Gasteiger partial charge in [-0.15, -0.1) is 0 Å². The van der Waals surface area contributed by atoms with E-state index in [4.69, 9.17) is 18.9 Å². The van der Waals surface area contributed by atoms with Gasteiger partial charge in [0, 0.05) is 7.11 Å². The van der Waals surface area contributed by atoms with Crippen molar-refractivity contribution in [2.24, 2.45) is 0 Å². The Hall–Kier alpha value is -0.850. The van der Waals surface area contributed by atoms with Crippen LogP contribution in [0.25, 0.3) is 0 Å². The van der Waals surface area contributed by atoms with Crippen molar-refractivity contribution in [1.29, 1.82) is 0 Å². The van der Waals surface area contributed by atoms with Crippen molar-refractivity contribution < 1.29 is 28.5 Å². The molecular weight excluding hydrogens is 204 g/mol. The van der Waals surface area contributed by atoms with Gasteiger partial charge in [-0.2, -0.15) is 0 Å². The van der Waals surface area contributed by atoms with Crippen molar-refractivity contribution >= 4 is 6.16 Å². The second-order valence-corrected chi connectivity index (χ2v) is 3.48. The normalized spacial score (nSPS) is 38.8. The topological polar surface area (TPSA) is 63.2 Å². The van der Waals surface area contributed by atoms with Crippen molar-refractivity contribution in [2.75, 3.05) is 27.4 Å². The van der Waals surface area contributed by atoms with E-state index in [1.54, 1.807) is 7.11 Å². The van der Waals surface area contributed by atoms with Crippen molar-refractivity contribution in [3.8, 4) is 0 Å². The van der Waals surface area contributed by atoms with Crippen LogP contribution in [-0.2, 0) is 23.7 Å². The molecule has 2 aliphatic rings. The summed E-state index contributed by atoms with van der Waals surface area (Å²) >= 11 is 0. The quantitative estimate of drug-likeness (QED) is 0.605. The average Bonchev–Trinajstić information content (AvgIpc) is 2.80. The van der Waals surface area contributed by atoms with Crippen LogP contribution in [0.3, 0.4) is 0 Å². The Morgan fingerprint density at radius 1 is 1.13 bits per heavy atom. The van der Waals surface area contributed by atoms with Crippen LogP contribution in [0.15, 0.2) is 0 Å². The third-order valence-electron chi connectivity index (χ3n) is 2.68. The maximum atomic E-state index is 10.9. The SMILES string of the molecule is COC(=O)OC1COC2C(OC)COC12. The lowest BCUT2D eigenvalue weighted by molar-refractivity contribution is -0.0328. The molecule has 0 amide bonds. The van der Waals surface area contributed by atoms with Gasteiger partial charge in [-0.3, -0.25) is 0 Å². The fourth-order valence-electron chi connectivity index (χ4n) is 1.90. The molecule has 2 fully saturated rings. The van der Waals surface area contributed by atoms with Gasteiger partial charge >= 0.3 is 6.16 Å². The number of hydrogen-bond donors (Lipinski definition) is 0. The molecule has 0 spiro atoms. The Morgan fingerprint density at radius 2 is 1.73 bits per heavy atom. The van der Waals surface area contributed by atoms with Crippen molar-refractivity contribution in [2.45, 2.75) is 24.4 Å². The Labute approximate surface area is 87.4 Å². The highest BCUT2D eigenvalue weighted by molar-refractivity contribution is 5.60. The first-order valence-electron chi connectivity index (χ1n) is 4.77. The van der Waals surface area contributed by atoms with E-state index >= 15 is 0 Å². The zero-order chi connectivity index (χ0) is 10.8. The summed E-state index contributed by atoms with van der Waals surface area (Å²) in [6.45, 7) is 0.789. The molecule has 0 aromatic heterocycles. The third-order valence-corrected chi connectivity index (χ3v) is 2.68. The molecule has 86 valence electrons. The van der Waals surface area contributed by atoms with E-state index in [0.717, 1.165) is 0 Å². The first-order valence-corrected chi connectivity index (χ1v) is 4.77. The largest absolute Gasteiger partial charge is 0.508 e. The lowest BCUT2D eigenvalue weighted by Gasteiger charge is -2.15. The number of fused-ring (bicyclic) bond motifs is 1. The van der Waals surface area contributed by atoms with Gasteiger partial charge in [-0.1, -0.05) is 0 Å². The highest BCUT2D eigenvalue weighted by Gasteiger charge is 2.49. The van der Waals surface area contributed by atoms with Crippen molar-refractivity contribution in [3.63, 3.8) is 0 Å². The van der Waals surface area contributed by atoms with Gasteiger partial charge in [0.05, 0.1) is 20.3 Å². The first kappa shape index (κ1) is 10.7. The van der Waals surface area contributed by atoms with Crippen molar-refractivity contribution in [3.05, 3.63) is 0 Å². The fraction of sp³-hybridized carbons (Fsp3) is 0.889. The standard InChI is InChI=1S/C9H14O6/c1-11-5-3-13-8-6(4-14-7(5)8)15-9(10)12-2/h5-8H,3-4H2,1-2H3. The fourth-order valence-corrected chi connectivity index (χ4v) is 1.90. The smallest absolute Gasteiger partial charge is 0.438 e. The highest BCUT2D eigenvalue weighted by atomic mass is 16.7. The summed E-state index contributed by atoms with van der Waals surface area (Å²) in [5.74, 6) is 0. The van der Waals surface area contributed by atoms with Gasteiger partial charge in [-0.05, 0) is 0 Å². The number of carbonyl (C=O) groups is 1. The summed E-state index contributed by atoms with van der Waals surface area (Å²) in [5, 5.41) is 0. The number of ether oxygens (including phenoxy) is 5. The summed E-state index contributed by atoms with van der Waals surface area (Å²) < 4.78 is 25.5. The van der Waals surface area contributed by atoms with E-state index in [2.05, 4.69) is 4.74 Å². The number of hydrogen-bond acceptors (Lipinski definition) is 6. The third kappa shape index (κ3) is 1.92. The monoisotopic (exact) mass is 218 g/mol. The number of rotatable bonds is 2. The van der Waals surface area contributed by atoms with Gasteiger partial charge in [0.15, 0.2) is 6.10 Å². The molecule has 2 rings (SSSR count). The Bertz CT molecular complexity index is 243. The van der Waals surface area contributed by atoms with Gasteiger partial charge < -0.3 is 23.7 Å². The predicted molar refractivity (Wildman–Crippen MR) is 47.6 cm³/mol. The second kappa shape index (κ2) is 4.34. The summed E-state index contributed by atoms with van der Waals surface area (Å²) in [6, 6.07) is 0. The molecule has 0 bridgehead atoms. The van der Waals surface area contributed by atoms with Crippen LogP contribution >= 0.6 is 0 Å². The minimum absolute atomic E-state index is 0.0822. The molecule has 0 radical (unpaired) electrons. The van der Waals surface area contributed by atoms with E-state index in [9.17, 15) is 4.79 Å². The highest BCUT2D eigenvalue weighted by Crippen LogP contribution is 2.30. The molecule has 0 aliphatic carbocycles. The van der Waals surface area contributed by atoms with E-state index in [1.807, 2.05) is 0 Å². The van der Waals surface area contributed by atoms with Crippen LogP contribution < -0.4 is 0 Å². The van der Waals surface area contributed by atoms with Gasteiger partial charge in [0.1, 0.15) is 18.3 Å². The Kier molecular flexibility index (Phi) is 3.08.